The topological polar surface area (TPSA) is 80.1 Å². The molecule has 6 nitrogen and oxygen atoms in total. The van der Waals surface area contributed by atoms with Crippen molar-refractivity contribution in [1.29, 1.82) is 0 Å². The fourth-order valence-electron chi connectivity index (χ4n) is 4.15. The van der Waals surface area contributed by atoms with Gasteiger partial charge in [0.15, 0.2) is 0 Å². The second-order valence-corrected chi connectivity index (χ2v) is 8.37. The van der Waals surface area contributed by atoms with Crippen molar-refractivity contribution in [3.63, 3.8) is 0 Å². The molecule has 0 fully saturated rings. The highest BCUT2D eigenvalue weighted by Gasteiger charge is 2.09. The van der Waals surface area contributed by atoms with Crippen LogP contribution in [-0.4, -0.2) is 25.8 Å². The maximum Gasteiger partial charge on any atom is 0.303 e. The minimum atomic E-state index is -0.784. The summed E-state index contributed by atoms with van der Waals surface area (Å²) in [5.74, 6) is 0.808. The zero-order valence-corrected chi connectivity index (χ0v) is 18.9. The Morgan fingerprint density at radius 1 is 1.03 bits per heavy atom. The first-order valence-corrected chi connectivity index (χ1v) is 11.2. The molecule has 0 saturated heterocycles. The molecule has 0 aliphatic carbocycles. The van der Waals surface area contributed by atoms with Crippen molar-refractivity contribution in [3.05, 3.63) is 102 Å². The van der Waals surface area contributed by atoms with Gasteiger partial charge in [0, 0.05) is 40.8 Å². The first-order chi connectivity index (χ1) is 16.5. The smallest absolute Gasteiger partial charge is 0.303 e. The van der Waals surface area contributed by atoms with Crippen LogP contribution in [0.2, 0.25) is 0 Å². The van der Waals surface area contributed by atoms with E-state index in [1.165, 1.54) is 0 Å². The van der Waals surface area contributed by atoms with Gasteiger partial charge in [0.05, 0.1) is 12.2 Å². The summed E-state index contributed by atoms with van der Waals surface area (Å²) in [5, 5.41) is 14.8. The lowest BCUT2D eigenvalue weighted by Gasteiger charge is -2.10. The number of aromatic amines is 1. The molecule has 6 heteroatoms. The monoisotopic (exact) mass is 451 g/mol. The number of aromatic nitrogens is 3. The molecular formula is C28H25N3O3. The highest BCUT2D eigenvalue weighted by molar-refractivity contribution is 5.85. The summed E-state index contributed by atoms with van der Waals surface area (Å²) in [4.78, 5) is 14.1. The van der Waals surface area contributed by atoms with Gasteiger partial charge in [-0.05, 0) is 60.9 Å². The van der Waals surface area contributed by atoms with Crippen LogP contribution in [0.1, 0.15) is 23.1 Å². The number of carbonyl (C=O) groups is 1. The lowest BCUT2D eigenvalue weighted by atomic mass is 10.1. The van der Waals surface area contributed by atoms with Gasteiger partial charge >= 0.3 is 5.97 Å². The van der Waals surface area contributed by atoms with Gasteiger partial charge in [-0.25, -0.2) is 0 Å². The molecule has 2 N–H and O–H groups in total. The van der Waals surface area contributed by atoms with Crippen LogP contribution in [0.3, 0.4) is 0 Å². The molecule has 0 atom stereocenters. The van der Waals surface area contributed by atoms with E-state index < -0.39 is 5.97 Å². The number of nitrogens with one attached hydrogen (secondary N) is 1. The van der Waals surface area contributed by atoms with Gasteiger partial charge in [-0.1, -0.05) is 36.4 Å². The molecule has 170 valence electrons. The van der Waals surface area contributed by atoms with Crippen molar-refractivity contribution >= 4 is 16.9 Å². The van der Waals surface area contributed by atoms with Crippen molar-refractivity contribution in [2.24, 2.45) is 0 Å². The molecule has 3 aromatic carbocycles. The minimum Gasteiger partial charge on any atom is -0.481 e. The number of rotatable bonds is 8. The van der Waals surface area contributed by atoms with Crippen molar-refractivity contribution in [2.75, 3.05) is 0 Å². The Hall–Kier alpha value is -4.32. The van der Waals surface area contributed by atoms with Gasteiger partial charge < -0.3 is 14.8 Å². The summed E-state index contributed by atoms with van der Waals surface area (Å²) in [6.45, 7) is 2.68. The number of hydrogen-bond donors (Lipinski definition) is 2. The maximum atomic E-state index is 10.8. The fraction of sp³-hybridized carbons (Fsp3) is 0.143. The van der Waals surface area contributed by atoms with Crippen molar-refractivity contribution in [3.8, 4) is 22.8 Å². The van der Waals surface area contributed by atoms with Crippen LogP contribution < -0.4 is 4.74 Å². The lowest BCUT2D eigenvalue weighted by Crippen LogP contribution is -2.02. The van der Waals surface area contributed by atoms with E-state index in [1.54, 1.807) is 0 Å². The van der Waals surface area contributed by atoms with Gasteiger partial charge in [-0.2, -0.15) is 5.10 Å². The largest absolute Gasteiger partial charge is 0.481 e. The predicted molar refractivity (Wildman–Crippen MR) is 132 cm³/mol. The highest BCUT2D eigenvalue weighted by Crippen LogP contribution is 2.32. The number of carboxylic acids is 1. The van der Waals surface area contributed by atoms with E-state index in [1.807, 2.05) is 83.8 Å². The first-order valence-electron chi connectivity index (χ1n) is 11.2. The van der Waals surface area contributed by atoms with Crippen molar-refractivity contribution < 1.29 is 14.6 Å². The standard InChI is InChI=1S/C28H25N3O3/c1-19-24-12-14-29-26(24)9-10-27(19)34-23-7-3-6-22(17-23)25-13-15-31(30-25)18-21-5-2-4-20(16-21)8-11-28(32)33/h2-7,9-10,12-17,29H,8,11,18H2,1H3,(H,32,33). The molecule has 5 aromatic rings. The minimum absolute atomic E-state index is 0.131. The Kier molecular flexibility index (Phi) is 5.87. The van der Waals surface area contributed by atoms with Crippen LogP contribution in [0, 0.1) is 6.92 Å². The third kappa shape index (κ3) is 4.71. The van der Waals surface area contributed by atoms with Gasteiger partial charge in [0.25, 0.3) is 0 Å². The highest BCUT2D eigenvalue weighted by atomic mass is 16.5. The first kappa shape index (κ1) is 21.5. The second-order valence-electron chi connectivity index (χ2n) is 8.37. The summed E-state index contributed by atoms with van der Waals surface area (Å²) in [6.07, 6.45) is 4.55. The lowest BCUT2D eigenvalue weighted by molar-refractivity contribution is -0.136. The molecule has 0 saturated carbocycles. The third-order valence-electron chi connectivity index (χ3n) is 5.92. The Bertz CT molecular complexity index is 1460. The number of aryl methyl sites for hydroxylation is 2. The average molecular weight is 452 g/mol. The van der Waals surface area contributed by atoms with Crippen LogP contribution in [0.25, 0.3) is 22.2 Å². The Balaban J connectivity index is 1.31. The van der Waals surface area contributed by atoms with Crippen molar-refractivity contribution in [1.82, 2.24) is 14.8 Å². The number of carboxylic acid groups (broad SMARTS) is 1. The number of hydrogen-bond acceptors (Lipinski definition) is 3. The molecule has 2 heterocycles. The second kappa shape index (κ2) is 9.27. The maximum absolute atomic E-state index is 10.8. The zero-order chi connectivity index (χ0) is 23.5. The molecule has 0 radical (unpaired) electrons. The Morgan fingerprint density at radius 2 is 1.88 bits per heavy atom. The van der Waals surface area contributed by atoms with E-state index in [0.717, 1.165) is 50.3 Å². The van der Waals surface area contributed by atoms with Gasteiger partial charge in [-0.15, -0.1) is 0 Å². The summed E-state index contributed by atoms with van der Waals surface area (Å²) in [6, 6.07) is 24.0. The molecule has 0 amide bonds. The molecule has 0 aliphatic heterocycles. The number of nitrogens with zero attached hydrogens (tertiary/aromatic N) is 2. The Morgan fingerprint density at radius 3 is 2.76 bits per heavy atom. The molecule has 5 rings (SSSR count). The van der Waals surface area contributed by atoms with Crippen LogP contribution in [0.4, 0.5) is 0 Å². The quantitative estimate of drug-likeness (QED) is 0.294. The summed E-state index contributed by atoms with van der Waals surface area (Å²) in [7, 11) is 0. The molecule has 0 unspecified atom stereocenters. The molecule has 2 aromatic heterocycles. The van der Waals surface area contributed by atoms with Gasteiger partial charge in [-0.3, -0.25) is 9.48 Å². The van der Waals surface area contributed by atoms with E-state index in [2.05, 4.69) is 18.0 Å². The van der Waals surface area contributed by atoms with E-state index in [9.17, 15) is 4.79 Å². The molecule has 0 spiro atoms. The van der Waals surface area contributed by atoms with Gasteiger partial charge in [0.2, 0.25) is 0 Å². The fourth-order valence-corrected chi connectivity index (χ4v) is 4.15. The van der Waals surface area contributed by atoms with E-state index in [4.69, 9.17) is 14.9 Å². The summed E-state index contributed by atoms with van der Waals surface area (Å²) in [5.41, 5.74) is 6.14. The van der Waals surface area contributed by atoms with Crippen LogP contribution in [0.15, 0.2) is 85.2 Å². The molecule has 0 bridgehead atoms. The summed E-state index contributed by atoms with van der Waals surface area (Å²) < 4.78 is 8.11. The van der Waals surface area contributed by atoms with Crippen LogP contribution in [0.5, 0.6) is 11.5 Å². The SMILES string of the molecule is Cc1c(Oc2cccc(-c3ccn(Cc4cccc(CCC(=O)O)c4)n3)c2)ccc2[nH]ccc12. The number of aliphatic carboxylic acids is 1. The third-order valence-corrected chi connectivity index (χ3v) is 5.92. The Labute approximate surface area is 197 Å². The zero-order valence-electron chi connectivity index (χ0n) is 18.9. The van der Waals surface area contributed by atoms with E-state index in [-0.39, 0.29) is 6.42 Å². The van der Waals surface area contributed by atoms with Gasteiger partial charge in [0.1, 0.15) is 11.5 Å². The number of fused-ring (bicyclic) bond motifs is 1. The van der Waals surface area contributed by atoms with Crippen LogP contribution in [-0.2, 0) is 17.8 Å². The normalized spacial score (nSPS) is 11.1. The number of benzene rings is 3. The summed E-state index contributed by atoms with van der Waals surface area (Å²) >= 11 is 0. The molecule has 34 heavy (non-hydrogen) atoms. The number of ether oxygens (including phenoxy) is 1. The number of H-pyrrole nitrogens is 1. The molecular weight excluding hydrogens is 426 g/mol. The van der Waals surface area contributed by atoms with Crippen LogP contribution >= 0.6 is 0 Å². The van der Waals surface area contributed by atoms with E-state index in [0.29, 0.717) is 13.0 Å². The van der Waals surface area contributed by atoms with E-state index >= 15 is 0 Å². The predicted octanol–water partition coefficient (Wildman–Crippen LogP) is 6.20. The molecule has 0 aliphatic rings. The van der Waals surface area contributed by atoms with Crippen molar-refractivity contribution in [2.45, 2.75) is 26.3 Å². The average Bonchev–Trinajstić information content (AvgIpc) is 3.50.